The average molecular weight is 276 g/mol. The van der Waals surface area contributed by atoms with Gasteiger partial charge in [0.25, 0.3) is 0 Å². The quantitative estimate of drug-likeness (QED) is 0.786. The molecule has 104 valence electrons. The Morgan fingerprint density at radius 1 is 1.21 bits per heavy atom. The predicted molar refractivity (Wildman–Crippen MR) is 86.7 cm³/mol. The summed E-state index contributed by atoms with van der Waals surface area (Å²) in [4.78, 5) is 0. The number of benzene rings is 1. The van der Waals surface area contributed by atoms with Gasteiger partial charge in [0.2, 0.25) is 0 Å². The average Bonchev–Trinajstić information content (AvgIpc) is 2.90. The molecule has 1 aromatic carbocycles. The summed E-state index contributed by atoms with van der Waals surface area (Å²) in [6.45, 7) is 2.23. The zero-order valence-corrected chi connectivity index (χ0v) is 12.6. The molecule has 3 heteroatoms. The van der Waals surface area contributed by atoms with Crippen LogP contribution in [0.5, 0.6) is 0 Å². The molecule has 2 N–H and O–H groups in total. The van der Waals surface area contributed by atoms with Crippen molar-refractivity contribution in [2.75, 3.05) is 5.32 Å². The van der Waals surface area contributed by atoms with E-state index in [4.69, 9.17) is 12.2 Å². The number of hydrogen-bond acceptors (Lipinski definition) is 1. The first-order valence-electron chi connectivity index (χ1n) is 7.44. The molecule has 0 heterocycles. The molecular formula is C16H24N2S. The maximum absolute atomic E-state index is 5.35. The van der Waals surface area contributed by atoms with Crippen LogP contribution >= 0.6 is 12.2 Å². The first-order chi connectivity index (χ1) is 9.28. The minimum absolute atomic E-state index is 0.573. The standard InChI is InChI=1S/C16H24N2S/c1-2-3-6-13-9-11-15(12-10-13)18-16(19)17-14-7-4-5-8-14/h9-12,14H,2-8H2,1H3,(H2,17,18,19). The fourth-order valence-corrected chi connectivity index (χ4v) is 2.84. The lowest BCUT2D eigenvalue weighted by molar-refractivity contribution is 0.634. The molecule has 0 spiro atoms. The molecular weight excluding hydrogens is 252 g/mol. The highest BCUT2D eigenvalue weighted by Gasteiger charge is 2.15. The molecule has 0 bridgehead atoms. The Morgan fingerprint density at radius 2 is 1.89 bits per heavy atom. The van der Waals surface area contributed by atoms with Gasteiger partial charge in [0.05, 0.1) is 0 Å². The van der Waals surface area contributed by atoms with Crippen LogP contribution in [0.3, 0.4) is 0 Å². The van der Waals surface area contributed by atoms with Crippen molar-refractivity contribution in [2.24, 2.45) is 0 Å². The van der Waals surface area contributed by atoms with E-state index in [2.05, 4.69) is 41.8 Å². The molecule has 0 unspecified atom stereocenters. The second-order valence-corrected chi connectivity index (χ2v) is 5.79. The Morgan fingerprint density at radius 3 is 2.53 bits per heavy atom. The summed E-state index contributed by atoms with van der Waals surface area (Å²) in [6.07, 6.45) is 8.82. The van der Waals surface area contributed by atoms with Crippen molar-refractivity contribution in [1.29, 1.82) is 0 Å². The number of nitrogens with one attached hydrogen (secondary N) is 2. The van der Waals surface area contributed by atoms with Gasteiger partial charge >= 0.3 is 0 Å². The van der Waals surface area contributed by atoms with Crippen LogP contribution in [-0.4, -0.2) is 11.2 Å². The van der Waals surface area contributed by atoms with Gasteiger partial charge in [-0.15, -0.1) is 0 Å². The van der Waals surface area contributed by atoms with E-state index in [1.54, 1.807) is 0 Å². The number of thiocarbonyl (C=S) groups is 1. The SMILES string of the molecule is CCCCc1ccc(NC(=S)NC2CCCC2)cc1. The molecule has 0 radical (unpaired) electrons. The summed E-state index contributed by atoms with van der Waals surface area (Å²) in [6, 6.07) is 9.19. The van der Waals surface area contributed by atoms with Gasteiger partial charge in [0.15, 0.2) is 5.11 Å². The van der Waals surface area contributed by atoms with E-state index in [-0.39, 0.29) is 0 Å². The highest BCUT2D eigenvalue weighted by atomic mass is 32.1. The number of hydrogen-bond donors (Lipinski definition) is 2. The van der Waals surface area contributed by atoms with Crippen molar-refractivity contribution in [1.82, 2.24) is 5.32 Å². The molecule has 1 aliphatic carbocycles. The number of anilines is 1. The zero-order chi connectivity index (χ0) is 13.5. The second-order valence-electron chi connectivity index (χ2n) is 5.38. The lowest BCUT2D eigenvalue weighted by atomic mass is 10.1. The van der Waals surface area contributed by atoms with Gasteiger partial charge in [-0.05, 0) is 55.6 Å². The third kappa shape index (κ3) is 4.83. The van der Waals surface area contributed by atoms with Crippen LogP contribution in [0.1, 0.15) is 51.0 Å². The molecule has 19 heavy (non-hydrogen) atoms. The van der Waals surface area contributed by atoms with Crippen molar-refractivity contribution in [3.05, 3.63) is 29.8 Å². The first-order valence-corrected chi connectivity index (χ1v) is 7.85. The lowest BCUT2D eigenvalue weighted by Gasteiger charge is -2.15. The minimum Gasteiger partial charge on any atom is -0.360 e. The van der Waals surface area contributed by atoms with Gasteiger partial charge in [0.1, 0.15) is 0 Å². The summed E-state index contributed by atoms with van der Waals surface area (Å²) in [5.41, 5.74) is 2.48. The molecule has 1 aromatic rings. The van der Waals surface area contributed by atoms with Crippen molar-refractivity contribution in [3.63, 3.8) is 0 Å². The molecule has 1 aliphatic rings. The first kappa shape index (κ1) is 14.3. The van der Waals surface area contributed by atoms with Crippen molar-refractivity contribution >= 4 is 23.0 Å². The molecule has 0 atom stereocenters. The molecule has 1 fully saturated rings. The van der Waals surface area contributed by atoms with Crippen molar-refractivity contribution in [3.8, 4) is 0 Å². The Kier molecular flexibility index (Phi) is 5.64. The number of unbranched alkanes of at least 4 members (excludes halogenated alkanes) is 1. The van der Waals surface area contributed by atoms with Crippen LogP contribution in [0.2, 0.25) is 0 Å². The monoisotopic (exact) mass is 276 g/mol. The maximum atomic E-state index is 5.35. The van der Waals surface area contributed by atoms with Gasteiger partial charge in [-0.2, -0.15) is 0 Å². The smallest absolute Gasteiger partial charge is 0.170 e. The van der Waals surface area contributed by atoms with E-state index >= 15 is 0 Å². The summed E-state index contributed by atoms with van der Waals surface area (Å²) in [5.74, 6) is 0. The van der Waals surface area contributed by atoms with Crippen LogP contribution in [0.25, 0.3) is 0 Å². The summed E-state index contributed by atoms with van der Waals surface area (Å²) in [5, 5.41) is 7.43. The van der Waals surface area contributed by atoms with Gasteiger partial charge in [-0.25, -0.2) is 0 Å². The van der Waals surface area contributed by atoms with E-state index in [9.17, 15) is 0 Å². The van der Waals surface area contributed by atoms with Crippen LogP contribution in [-0.2, 0) is 6.42 Å². The minimum atomic E-state index is 0.573. The number of rotatable bonds is 5. The maximum Gasteiger partial charge on any atom is 0.170 e. The normalized spacial score (nSPS) is 15.4. The highest BCUT2D eigenvalue weighted by molar-refractivity contribution is 7.80. The zero-order valence-electron chi connectivity index (χ0n) is 11.7. The van der Waals surface area contributed by atoms with Crippen LogP contribution in [0.15, 0.2) is 24.3 Å². The van der Waals surface area contributed by atoms with E-state index in [0.717, 1.165) is 10.8 Å². The molecule has 0 saturated heterocycles. The van der Waals surface area contributed by atoms with Gasteiger partial charge in [0, 0.05) is 11.7 Å². The molecule has 2 rings (SSSR count). The van der Waals surface area contributed by atoms with E-state index in [1.165, 1.54) is 50.5 Å². The highest BCUT2D eigenvalue weighted by Crippen LogP contribution is 2.18. The number of aryl methyl sites for hydroxylation is 1. The van der Waals surface area contributed by atoms with Crippen LogP contribution < -0.4 is 10.6 Å². The fraction of sp³-hybridized carbons (Fsp3) is 0.562. The largest absolute Gasteiger partial charge is 0.360 e. The molecule has 0 aliphatic heterocycles. The topological polar surface area (TPSA) is 24.1 Å². The second kappa shape index (κ2) is 7.49. The van der Waals surface area contributed by atoms with Crippen molar-refractivity contribution in [2.45, 2.75) is 57.9 Å². The lowest BCUT2D eigenvalue weighted by Crippen LogP contribution is -2.35. The summed E-state index contributed by atoms with van der Waals surface area (Å²) >= 11 is 5.35. The Labute approximate surface area is 122 Å². The van der Waals surface area contributed by atoms with E-state index in [1.807, 2.05) is 0 Å². The summed E-state index contributed by atoms with van der Waals surface area (Å²) in [7, 11) is 0. The molecule has 1 saturated carbocycles. The molecule has 2 nitrogen and oxygen atoms in total. The van der Waals surface area contributed by atoms with Crippen molar-refractivity contribution < 1.29 is 0 Å². The van der Waals surface area contributed by atoms with Gasteiger partial charge in [-0.1, -0.05) is 38.3 Å². The third-order valence-corrected chi connectivity index (χ3v) is 3.94. The Balaban J connectivity index is 1.79. The molecule has 0 amide bonds. The van der Waals surface area contributed by atoms with Gasteiger partial charge in [-0.3, -0.25) is 0 Å². The Bertz CT molecular complexity index is 394. The summed E-state index contributed by atoms with van der Waals surface area (Å²) < 4.78 is 0. The van der Waals surface area contributed by atoms with Crippen LogP contribution in [0.4, 0.5) is 5.69 Å². The third-order valence-electron chi connectivity index (χ3n) is 3.72. The van der Waals surface area contributed by atoms with Gasteiger partial charge < -0.3 is 10.6 Å². The van der Waals surface area contributed by atoms with Crippen LogP contribution in [0, 0.1) is 0 Å². The van der Waals surface area contributed by atoms with E-state index in [0.29, 0.717) is 6.04 Å². The van der Waals surface area contributed by atoms with E-state index < -0.39 is 0 Å². The Hall–Kier alpha value is -1.09. The molecule has 0 aromatic heterocycles. The fourth-order valence-electron chi connectivity index (χ4n) is 2.56. The predicted octanol–water partition coefficient (Wildman–Crippen LogP) is 4.26.